The number of benzene rings is 3. The fourth-order valence-corrected chi connectivity index (χ4v) is 6.16. The SMILES string of the molecule is C#C[C@@H](NC(=O)c1cc(C(=O)N[C@@H](Cc2ccccc2)[C@H](O)[C@H]2CCCN2C(=O)OC(C)(C)C)cc(N(C)S(C)(=O)=O)c1)c1ccccc1. The molecule has 3 aromatic rings. The Bertz CT molecular complexity index is 1790. The summed E-state index contributed by atoms with van der Waals surface area (Å²) in [5.41, 5.74) is 0.829. The molecule has 1 fully saturated rings. The van der Waals surface area contributed by atoms with Crippen LogP contribution >= 0.6 is 0 Å². The van der Waals surface area contributed by atoms with Crippen molar-refractivity contribution in [3.8, 4) is 12.3 Å². The van der Waals surface area contributed by atoms with Gasteiger partial charge in [0.15, 0.2) is 0 Å². The van der Waals surface area contributed by atoms with Gasteiger partial charge in [-0.25, -0.2) is 13.2 Å². The van der Waals surface area contributed by atoms with Crippen molar-refractivity contribution in [2.45, 2.75) is 69.9 Å². The second-order valence-electron chi connectivity index (χ2n) is 13.1. The first-order valence-electron chi connectivity index (χ1n) is 16.0. The predicted molar refractivity (Wildman–Crippen MR) is 189 cm³/mol. The highest BCUT2D eigenvalue weighted by Gasteiger charge is 2.40. The molecule has 12 heteroatoms. The largest absolute Gasteiger partial charge is 0.444 e. The van der Waals surface area contributed by atoms with Crippen molar-refractivity contribution in [1.29, 1.82) is 0 Å². The minimum absolute atomic E-state index is 0.00128. The van der Waals surface area contributed by atoms with Gasteiger partial charge in [-0.15, -0.1) is 6.42 Å². The number of aliphatic hydroxyl groups excluding tert-OH is 1. The van der Waals surface area contributed by atoms with Crippen LogP contribution in [0.3, 0.4) is 0 Å². The molecule has 0 aliphatic carbocycles. The maximum Gasteiger partial charge on any atom is 0.410 e. The molecule has 49 heavy (non-hydrogen) atoms. The van der Waals surface area contributed by atoms with E-state index in [0.717, 1.165) is 16.1 Å². The van der Waals surface area contributed by atoms with Gasteiger partial charge in [0, 0.05) is 24.7 Å². The summed E-state index contributed by atoms with van der Waals surface area (Å²) < 4.78 is 31.6. The number of carbonyl (C=O) groups is 3. The number of hydrogen-bond donors (Lipinski definition) is 3. The maximum atomic E-state index is 14.0. The molecule has 1 heterocycles. The monoisotopic (exact) mass is 688 g/mol. The standard InChI is InChI=1S/C37H44N4O7S/c1-7-30(26-17-12-9-13-18-26)38-34(43)27-22-28(24-29(23-27)40(5)49(6,46)47)35(44)39-31(21-25-15-10-8-11-16-25)33(42)32-19-14-20-41(32)36(45)48-37(2,3)4/h1,8-13,15-18,22-24,30-33,42H,14,19-21H2,2-6H3,(H,38,43)(H,39,44)/t30-,31+,32-,33+/m1/s1. The molecule has 4 atom stereocenters. The Morgan fingerprint density at radius 1 is 1.00 bits per heavy atom. The molecule has 0 spiro atoms. The fraction of sp³-hybridized carbons (Fsp3) is 0.378. The second-order valence-corrected chi connectivity index (χ2v) is 15.1. The van der Waals surface area contributed by atoms with Crippen molar-refractivity contribution in [1.82, 2.24) is 15.5 Å². The van der Waals surface area contributed by atoms with E-state index in [9.17, 15) is 27.9 Å². The molecule has 260 valence electrons. The van der Waals surface area contributed by atoms with Crippen molar-refractivity contribution < 1.29 is 32.6 Å². The van der Waals surface area contributed by atoms with Gasteiger partial charge < -0.3 is 25.4 Å². The minimum atomic E-state index is -3.78. The van der Waals surface area contributed by atoms with Gasteiger partial charge in [0.1, 0.15) is 11.6 Å². The highest BCUT2D eigenvalue weighted by atomic mass is 32.2. The predicted octanol–water partition coefficient (Wildman–Crippen LogP) is 4.29. The van der Waals surface area contributed by atoms with Crippen LogP contribution in [0.2, 0.25) is 0 Å². The number of terminal acetylenes is 1. The molecule has 4 rings (SSSR count). The molecule has 0 unspecified atom stereocenters. The van der Waals surface area contributed by atoms with Gasteiger partial charge in [0.2, 0.25) is 10.0 Å². The summed E-state index contributed by atoms with van der Waals surface area (Å²) in [4.78, 5) is 42.1. The summed E-state index contributed by atoms with van der Waals surface area (Å²) in [6.07, 6.45) is 6.37. The van der Waals surface area contributed by atoms with Gasteiger partial charge in [-0.1, -0.05) is 66.6 Å². The van der Waals surface area contributed by atoms with E-state index < -0.39 is 57.8 Å². The number of nitrogens with zero attached hydrogens (tertiary/aromatic N) is 2. The van der Waals surface area contributed by atoms with Gasteiger partial charge in [0.25, 0.3) is 11.8 Å². The zero-order chi connectivity index (χ0) is 35.9. The van der Waals surface area contributed by atoms with Crippen molar-refractivity contribution in [2.24, 2.45) is 0 Å². The van der Waals surface area contributed by atoms with Crippen LogP contribution in [0.15, 0.2) is 78.9 Å². The van der Waals surface area contributed by atoms with Crippen molar-refractivity contribution in [3.63, 3.8) is 0 Å². The first-order valence-corrected chi connectivity index (χ1v) is 17.9. The minimum Gasteiger partial charge on any atom is -0.444 e. The van der Waals surface area contributed by atoms with Gasteiger partial charge in [-0.2, -0.15) is 0 Å². The molecule has 0 saturated carbocycles. The summed E-state index contributed by atoms with van der Waals surface area (Å²) in [6, 6.07) is 20.0. The molecule has 0 radical (unpaired) electrons. The van der Waals surface area contributed by atoms with Crippen LogP contribution in [0, 0.1) is 12.3 Å². The van der Waals surface area contributed by atoms with Gasteiger partial charge >= 0.3 is 6.09 Å². The zero-order valence-corrected chi connectivity index (χ0v) is 29.2. The molecule has 0 bridgehead atoms. The van der Waals surface area contributed by atoms with E-state index in [2.05, 4.69) is 16.6 Å². The summed E-state index contributed by atoms with van der Waals surface area (Å²) in [5, 5.41) is 17.5. The summed E-state index contributed by atoms with van der Waals surface area (Å²) in [7, 11) is -2.46. The third-order valence-electron chi connectivity index (χ3n) is 8.23. The van der Waals surface area contributed by atoms with E-state index in [1.807, 2.05) is 36.4 Å². The van der Waals surface area contributed by atoms with Crippen LogP contribution in [-0.4, -0.2) is 80.0 Å². The summed E-state index contributed by atoms with van der Waals surface area (Å²) in [6.45, 7) is 5.69. The van der Waals surface area contributed by atoms with E-state index in [4.69, 9.17) is 11.2 Å². The average molecular weight is 689 g/mol. The summed E-state index contributed by atoms with van der Waals surface area (Å²) >= 11 is 0. The van der Waals surface area contributed by atoms with Crippen molar-refractivity contribution in [3.05, 3.63) is 101 Å². The molecular weight excluding hydrogens is 644 g/mol. The van der Waals surface area contributed by atoms with Crippen molar-refractivity contribution >= 4 is 33.6 Å². The van der Waals surface area contributed by atoms with Crippen LogP contribution in [0.5, 0.6) is 0 Å². The first-order chi connectivity index (χ1) is 23.1. The number of rotatable bonds is 11. The number of carbonyl (C=O) groups excluding carboxylic acids is 3. The number of amides is 3. The molecular formula is C37H44N4O7S. The Labute approximate surface area is 288 Å². The van der Waals surface area contributed by atoms with Gasteiger partial charge in [-0.3, -0.25) is 13.9 Å². The molecule has 3 N–H and O–H groups in total. The number of nitrogens with one attached hydrogen (secondary N) is 2. The second kappa shape index (κ2) is 15.6. The number of likely N-dealkylation sites (tertiary alicyclic amines) is 1. The van der Waals surface area contributed by atoms with Gasteiger partial charge in [-0.05, 0) is 69.4 Å². The highest BCUT2D eigenvalue weighted by molar-refractivity contribution is 7.92. The highest BCUT2D eigenvalue weighted by Crippen LogP contribution is 2.27. The molecule has 11 nitrogen and oxygen atoms in total. The van der Waals surface area contributed by atoms with E-state index in [-0.39, 0.29) is 23.2 Å². The molecule has 3 aromatic carbocycles. The number of aliphatic hydroxyl groups is 1. The average Bonchev–Trinajstić information content (AvgIpc) is 3.56. The Morgan fingerprint density at radius 2 is 1.57 bits per heavy atom. The fourth-order valence-electron chi connectivity index (χ4n) is 5.67. The quantitative estimate of drug-likeness (QED) is 0.255. The number of ether oxygens (including phenoxy) is 1. The Kier molecular flexibility index (Phi) is 11.7. The Hall–Kier alpha value is -4.86. The summed E-state index contributed by atoms with van der Waals surface area (Å²) in [5.74, 6) is 1.27. The van der Waals surface area contributed by atoms with Crippen LogP contribution in [-0.2, 0) is 21.2 Å². The van der Waals surface area contributed by atoms with E-state index in [0.29, 0.717) is 24.9 Å². The molecule has 1 aliphatic rings. The van der Waals surface area contributed by atoms with E-state index >= 15 is 0 Å². The lowest BCUT2D eigenvalue weighted by Crippen LogP contribution is -2.54. The van der Waals surface area contributed by atoms with Gasteiger partial charge in [0.05, 0.1) is 30.1 Å². The smallest absolute Gasteiger partial charge is 0.410 e. The van der Waals surface area contributed by atoms with Crippen LogP contribution in [0.1, 0.15) is 71.5 Å². The molecule has 1 saturated heterocycles. The number of sulfonamides is 1. The lowest BCUT2D eigenvalue weighted by Gasteiger charge is -2.35. The van der Waals surface area contributed by atoms with Crippen LogP contribution in [0.4, 0.5) is 10.5 Å². The van der Waals surface area contributed by atoms with E-state index in [1.165, 1.54) is 30.1 Å². The van der Waals surface area contributed by atoms with Crippen LogP contribution < -0.4 is 14.9 Å². The third kappa shape index (κ3) is 9.84. The third-order valence-corrected chi connectivity index (χ3v) is 9.43. The lowest BCUT2D eigenvalue weighted by atomic mass is 9.94. The normalized spacial score (nSPS) is 16.5. The van der Waals surface area contributed by atoms with Crippen molar-refractivity contribution in [2.75, 3.05) is 24.2 Å². The van der Waals surface area contributed by atoms with E-state index in [1.54, 1.807) is 45.0 Å². The lowest BCUT2D eigenvalue weighted by molar-refractivity contribution is -0.00161. The Morgan fingerprint density at radius 3 is 2.12 bits per heavy atom. The number of hydrogen-bond acceptors (Lipinski definition) is 7. The molecule has 0 aromatic heterocycles. The molecule has 3 amide bonds. The zero-order valence-electron chi connectivity index (χ0n) is 28.4. The maximum absolute atomic E-state index is 14.0. The van der Waals surface area contributed by atoms with Crippen LogP contribution in [0.25, 0.3) is 0 Å². The molecule has 1 aliphatic heterocycles. The number of anilines is 1. The first kappa shape index (κ1) is 37.0. The Balaban J connectivity index is 1.68. The topological polar surface area (TPSA) is 145 Å².